The van der Waals surface area contributed by atoms with Crippen molar-refractivity contribution in [1.82, 2.24) is 19.2 Å². The number of amides is 1. The summed E-state index contributed by atoms with van der Waals surface area (Å²) < 4.78 is 33.5. The number of carbonyl (C=O) groups excluding carboxylic acids is 1. The summed E-state index contributed by atoms with van der Waals surface area (Å²) in [5.74, 6) is 0.145. The van der Waals surface area contributed by atoms with Crippen LogP contribution in [-0.4, -0.2) is 53.4 Å². The molecular formula is C23H28N4O6S. The molecule has 3 aromatic rings. The van der Waals surface area contributed by atoms with Crippen molar-refractivity contribution >= 4 is 26.6 Å². The second kappa shape index (κ2) is 8.53. The highest BCUT2D eigenvalue weighted by Gasteiger charge is 2.41. The van der Waals surface area contributed by atoms with Gasteiger partial charge in [0.15, 0.2) is 15.6 Å². The molecule has 182 valence electrons. The van der Waals surface area contributed by atoms with E-state index in [2.05, 4.69) is 5.16 Å². The van der Waals surface area contributed by atoms with Crippen molar-refractivity contribution in [1.29, 1.82) is 0 Å². The lowest BCUT2D eigenvalue weighted by Crippen LogP contribution is -2.41. The lowest BCUT2D eigenvalue weighted by Gasteiger charge is -2.16. The Hall–Kier alpha value is -3.21. The Morgan fingerprint density at radius 1 is 1.18 bits per heavy atom. The molecule has 1 fully saturated rings. The third kappa shape index (κ3) is 4.70. The van der Waals surface area contributed by atoms with Gasteiger partial charge in [-0.1, -0.05) is 12.1 Å². The fourth-order valence-electron chi connectivity index (χ4n) is 3.93. The first-order valence-corrected chi connectivity index (χ1v) is 12.7. The molecule has 2 aromatic heterocycles. The van der Waals surface area contributed by atoms with Crippen molar-refractivity contribution in [2.75, 3.05) is 19.8 Å². The van der Waals surface area contributed by atoms with Gasteiger partial charge in [0.1, 0.15) is 0 Å². The van der Waals surface area contributed by atoms with E-state index >= 15 is 0 Å². The van der Waals surface area contributed by atoms with Gasteiger partial charge in [-0.25, -0.2) is 13.2 Å². The zero-order valence-corrected chi connectivity index (χ0v) is 20.5. The summed E-state index contributed by atoms with van der Waals surface area (Å²) in [6, 6.07) is 5.86. The second-order valence-electron chi connectivity index (χ2n) is 9.55. The topological polar surface area (TPSA) is 124 Å². The first kappa shape index (κ1) is 23.9. The number of benzene rings is 1. The van der Waals surface area contributed by atoms with Crippen LogP contribution < -0.4 is 11.2 Å². The van der Waals surface area contributed by atoms with Crippen LogP contribution in [-0.2, 0) is 27.7 Å². The van der Waals surface area contributed by atoms with Crippen molar-refractivity contribution < 1.29 is 17.7 Å². The fraction of sp³-hybridized carbons (Fsp3) is 0.478. The summed E-state index contributed by atoms with van der Waals surface area (Å²) in [6.07, 6.45) is 1.74. The molecule has 1 saturated carbocycles. The maximum atomic E-state index is 13.4. The summed E-state index contributed by atoms with van der Waals surface area (Å²) in [4.78, 5) is 40.3. The monoisotopic (exact) mass is 488 g/mol. The van der Waals surface area contributed by atoms with E-state index in [1.165, 1.54) is 27.7 Å². The van der Waals surface area contributed by atoms with E-state index in [1.54, 1.807) is 27.1 Å². The largest absolute Gasteiger partial charge is 0.359 e. The van der Waals surface area contributed by atoms with Gasteiger partial charge in [-0.2, -0.15) is 0 Å². The number of aromatic nitrogens is 3. The number of fused-ring (bicyclic) bond motifs is 1. The maximum absolute atomic E-state index is 13.4. The molecule has 0 saturated heterocycles. The molecule has 10 nitrogen and oxygen atoms in total. The molecule has 1 aliphatic carbocycles. The molecule has 0 unspecified atom stereocenters. The molecule has 1 aliphatic rings. The standard InChI is InChI=1S/C23H28N4O6S/c1-15-11-16(33-24-15)13-27-21(29)18-12-17(34(31,32)14-23(2)8-9-23)5-6-19(18)26(22(27)30)10-7-20(28)25(3)4/h5-6,11-12H,7-10,13-14H2,1-4H3. The lowest BCUT2D eigenvalue weighted by atomic mass is 10.2. The van der Waals surface area contributed by atoms with Gasteiger partial charge in [0.25, 0.3) is 5.56 Å². The van der Waals surface area contributed by atoms with E-state index in [0.717, 1.165) is 17.4 Å². The van der Waals surface area contributed by atoms with Crippen molar-refractivity contribution in [3.8, 4) is 0 Å². The zero-order valence-electron chi connectivity index (χ0n) is 19.7. The van der Waals surface area contributed by atoms with Gasteiger partial charge < -0.3 is 9.42 Å². The third-order valence-electron chi connectivity index (χ3n) is 6.24. The number of aryl methyl sites for hydroxylation is 2. The van der Waals surface area contributed by atoms with Gasteiger partial charge in [0, 0.05) is 33.1 Å². The van der Waals surface area contributed by atoms with Crippen LogP contribution >= 0.6 is 0 Å². The van der Waals surface area contributed by atoms with E-state index in [1.807, 2.05) is 6.92 Å². The Labute approximate surface area is 196 Å². The predicted octanol–water partition coefficient (Wildman–Crippen LogP) is 1.56. The SMILES string of the molecule is Cc1cc(Cn2c(=O)c3cc(S(=O)(=O)CC4(C)CC4)ccc3n(CCC(=O)N(C)C)c2=O)on1. The molecule has 0 N–H and O–H groups in total. The Morgan fingerprint density at radius 2 is 1.88 bits per heavy atom. The molecule has 0 bridgehead atoms. The number of hydrogen-bond donors (Lipinski definition) is 0. The van der Waals surface area contributed by atoms with Crippen LogP contribution in [0.25, 0.3) is 10.9 Å². The molecular weight excluding hydrogens is 460 g/mol. The highest BCUT2D eigenvalue weighted by molar-refractivity contribution is 7.91. The van der Waals surface area contributed by atoms with Crippen LogP contribution in [0.4, 0.5) is 0 Å². The van der Waals surface area contributed by atoms with Gasteiger partial charge in [-0.15, -0.1) is 0 Å². The summed E-state index contributed by atoms with van der Waals surface area (Å²) in [6.45, 7) is 3.52. The molecule has 0 aliphatic heterocycles. The maximum Gasteiger partial charge on any atom is 0.331 e. The normalized spacial score (nSPS) is 14.9. The van der Waals surface area contributed by atoms with Crippen molar-refractivity contribution in [2.45, 2.75) is 51.1 Å². The van der Waals surface area contributed by atoms with Gasteiger partial charge >= 0.3 is 5.69 Å². The molecule has 0 radical (unpaired) electrons. The van der Waals surface area contributed by atoms with E-state index in [4.69, 9.17) is 4.52 Å². The Bertz CT molecular complexity index is 1490. The molecule has 34 heavy (non-hydrogen) atoms. The summed E-state index contributed by atoms with van der Waals surface area (Å²) in [5, 5.41) is 3.89. The van der Waals surface area contributed by atoms with Crippen LogP contribution in [0.2, 0.25) is 0 Å². The molecule has 1 amide bonds. The quantitative estimate of drug-likeness (QED) is 0.471. The number of hydrogen-bond acceptors (Lipinski definition) is 7. The lowest BCUT2D eigenvalue weighted by molar-refractivity contribution is -0.128. The van der Waals surface area contributed by atoms with Gasteiger partial charge in [-0.05, 0) is 43.4 Å². The van der Waals surface area contributed by atoms with Gasteiger partial charge in [0.05, 0.1) is 33.8 Å². The Kier molecular flexibility index (Phi) is 6.01. The molecule has 11 heteroatoms. The van der Waals surface area contributed by atoms with Crippen molar-refractivity contribution in [3.63, 3.8) is 0 Å². The summed E-state index contributed by atoms with van der Waals surface area (Å²) in [7, 11) is -0.379. The highest BCUT2D eigenvalue weighted by atomic mass is 32.2. The molecule has 2 heterocycles. The highest BCUT2D eigenvalue weighted by Crippen LogP contribution is 2.46. The molecule has 1 aromatic carbocycles. The minimum Gasteiger partial charge on any atom is -0.359 e. The number of sulfone groups is 1. The smallest absolute Gasteiger partial charge is 0.331 e. The minimum absolute atomic E-state index is 0.00795. The number of nitrogens with zero attached hydrogens (tertiary/aromatic N) is 4. The predicted molar refractivity (Wildman–Crippen MR) is 126 cm³/mol. The second-order valence-corrected chi connectivity index (χ2v) is 11.5. The van der Waals surface area contributed by atoms with E-state index < -0.39 is 21.1 Å². The van der Waals surface area contributed by atoms with Crippen LogP contribution in [0.15, 0.2) is 43.3 Å². The first-order valence-electron chi connectivity index (χ1n) is 11.0. The van der Waals surface area contributed by atoms with E-state index in [9.17, 15) is 22.8 Å². The van der Waals surface area contributed by atoms with Crippen molar-refractivity contribution in [2.24, 2.45) is 5.41 Å². The van der Waals surface area contributed by atoms with E-state index in [0.29, 0.717) is 11.5 Å². The Morgan fingerprint density at radius 3 is 2.47 bits per heavy atom. The third-order valence-corrected chi connectivity index (χ3v) is 8.29. The average Bonchev–Trinajstić information content (AvgIpc) is 3.33. The van der Waals surface area contributed by atoms with Crippen LogP contribution in [0.1, 0.15) is 37.6 Å². The first-order chi connectivity index (χ1) is 15.9. The van der Waals surface area contributed by atoms with Gasteiger partial charge in [0.2, 0.25) is 5.91 Å². The summed E-state index contributed by atoms with van der Waals surface area (Å²) >= 11 is 0. The minimum atomic E-state index is -3.62. The van der Waals surface area contributed by atoms with Crippen LogP contribution in [0.3, 0.4) is 0 Å². The van der Waals surface area contributed by atoms with E-state index in [-0.39, 0.29) is 52.4 Å². The van der Waals surface area contributed by atoms with Crippen molar-refractivity contribution in [3.05, 3.63) is 56.6 Å². The van der Waals surface area contributed by atoms with Gasteiger partial charge in [-0.3, -0.25) is 18.7 Å². The van der Waals surface area contributed by atoms with Crippen LogP contribution in [0, 0.1) is 12.3 Å². The molecule has 0 spiro atoms. The summed E-state index contributed by atoms with van der Waals surface area (Å²) in [5.41, 5.74) is -0.590. The Balaban J connectivity index is 1.86. The number of carbonyl (C=O) groups is 1. The molecule has 4 rings (SSSR count). The van der Waals surface area contributed by atoms with Crippen LogP contribution in [0.5, 0.6) is 0 Å². The fourth-order valence-corrected chi connectivity index (χ4v) is 5.87. The molecule has 0 atom stereocenters. The zero-order chi connectivity index (χ0) is 24.8. The number of rotatable bonds is 8. The average molecular weight is 489 g/mol.